The van der Waals surface area contributed by atoms with Crippen LogP contribution in [0.4, 0.5) is 13.2 Å². The monoisotopic (exact) mass is 299 g/mol. The summed E-state index contributed by atoms with van der Waals surface area (Å²) in [5, 5.41) is 13.7. The van der Waals surface area contributed by atoms with E-state index in [0.29, 0.717) is 23.8 Å². The molecule has 1 aromatic rings. The number of aliphatic hydroxyl groups excluding tert-OH is 1. The van der Waals surface area contributed by atoms with Gasteiger partial charge in [-0.2, -0.15) is 13.2 Å². The molecule has 1 aliphatic heterocycles. The van der Waals surface area contributed by atoms with E-state index in [-0.39, 0.29) is 6.04 Å². The van der Waals surface area contributed by atoms with Gasteiger partial charge in [0.2, 0.25) is 0 Å². The molecule has 1 aliphatic carbocycles. The summed E-state index contributed by atoms with van der Waals surface area (Å²) in [6.07, 6.45) is -1.09. The van der Waals surface area contributed by atoms with Gasteiger partial charge in [0, 0.05) is 6.04 Å². The summed E-state index contributed by atoms with van der Waals surface area (Å²) < 4.78 is 38.2. The number of hydrogen-bond acceptors (Lipinski definition) is 2. The Hall–Kier alpha value is -1.07. The molecule has 0 aromatic heterocycles. The van der Waals surface area contributed by atoms with Crippen molar-refractivity contribution in [3.63, 3.8) is 0 Å². The van der Waals surface area contributed by atoms with Crippen molar-refractivity contribution in [1.82, 2.24) is 5.32 Å². The van der Waals surface area contributed by atoms with Crippen LogP contribution in [0.5, 0.6) is 0 Å². The van der Waals surface area contributed by atoms with Crippen molar-refractivity contribution in [2.45, 2.75) is 44.0 Å². The first-order chi connectivity index (χ1) is 9.95. The van der Waals surface area contributed by atoms with Crippen molar-refractivity contribution in [2.75, 3.05) is 6.54 Å². The van der Waals surface area contributed by atoms with Crippen molar-refractivity contribution in [2.24, 2.45) is 11.8 Å². The molecule has 0 bridgehead atoms. The molecule has 3 rings (SSSR count). The van der Waals surface area contributed by atoms with Crippen molar-refractivity contribution in [3.8, 4) is 0 Å². The Morgan fingerprint density at radius 3 is 2.86 bits per heavy atom. The summed E-state index contributed by atoms with van der Waals surface area (Å²) in [5.74, 6) is 1.26. The molecule has 4 unspecified atom stereocenters. The van der Waals surface area contributed by atoms with Crippen LogP contribution in [0.3, 0.4) is 0 Å². The quantitative estimate of drug-likeness (QED) is 0.895. The van der Waals surface area contributed by atoms with E-state index in [1.54, 1.807) is 6.07 Å². The summed E-state index contributed by atoms with van der Waals surface area (Å²) in [7, 11) is 0. The molecule has 1 saturated carbocycles. The molecule has 2 nitrogen and oxygen atoms in total. The van der Waals surface area contributed by atoms with Crippen LogP contribution in [0.2, 0.25) is 0 Å². The molecule has 0 radical (unpaired) electrons. The minimum absolute atomic E-state index is 0.224. The molecule has 0 spiro atoms. The van der Waals surface area contributed by atoms with Gasteiger partial charge in [-0.05, 0) is 55.3 Å². The summed E-state index contributed by atoms with van der Waals surface area (Å²) in [6.45, 7) is 0.977. The standard InChI is InChI=1S/C16H20F3NO/c17-16(18,19)12-5-1-3-10(7-12)15(21)8-14-13-6-2-4-11(13)9-20-14/h1,3,5,7,11,13-15,20-21H,2,4,6,8-9H2. The Balaban J connectivity index is 1.69. The third kappa shape index (κ3) is 3.09. The number of halogens is 3. The molecular formula is C16H20F3NO. The van der Waals surface area contributed by atoms with Crippen LogP contribution in [0.25, 0.3) is 0 Å². The minimum atomic E-state index is -4.36. The van der Waals surface area contributed by atoms with E-state index in [1.807, 2.05) is 0 Å². The molecule has 0 amide bonds. The molecule has 1 aromatic carbocycles. The molecule has 2 N–H and O–H groups in total. The minimum Gasteiger partial charge on any atom is -0.388 e. The zero-order valence-corrected chi connectivity index (χ0v) is 11.7. The van der Waals surface area contributed by atoms with E-state index in [0.717, 1.165) is 25.1 Å². The zero-order chi connectivity index (χ0) is 15.0. The van der Waals surface area contributed by atoms with Crippen LogP contribution < -0.4 is 5.32 Å². The Morgan fingerprint density at radius 2 is 2.10 bits per heavy atom. The Morgan fingerprint density at radius 1 is 1.29 bits per heavy atom. The molecule has 1 heterocycles. The lowest BCUT2D eigenvalue weighted by Crippen LogP contribution is -2.29. The largest absolute Gasteiger partial charge is 0.416 e. The van der Waals surface area contributed by atoms with Gasteiger partial charge in [0.25, 0.3) is 0 Å². The fourth-order valence-corrected chi connectivity index (χ4v) is 3.86. The van der Waals surface area contributed by atoms with Crippen LogP contribution in [-0.4, -0.2) is 17.7 Å². The average molecular weight is 299 g/mol. The predicted molar refractivity (Wildman–Crippen MR) is 73.6 cm³/mol. The first-order valence-corrected chi connectivity index (χ1v) is 7.54. The van der Waals surface area contributed by atoms with Gasteiger partial charge in [-0.3, -0.25) is 0 Å². The molecule has 1 saturated heterocycles. The van der Waals surface area contributed by atoms with Crippen molar-refractivity contribution in [1.29, 1.82) is 0 Å². The van der Waals surface area contributed by atoms with Gasteiger partial charge in [0.05, 0.1) is 11.7 Å². The topological polar surface area (TPSA) is 32.3 Å². The number of benzene rings is 1. The van der Waals surface area contributed by atoms with Crippen LogP contribution in [0.15, 0.2) is 24.3 Å². The molecule has 5 heteroatoms. The lowest BCUT2D eigenvalue weighted by molar-refractivity contribution is -0.137. The maximum atomic E-state index is 12.7. The van der Waals surface area contributed by atoms with Crippen molar-refractivity contribution < 1.29 is 18.3 Å². The second-order valence-electron chi connectivity index (χ2n) is 6.24. The molecular weight excluding hydrogens is 279 g/mol. The van der Waals surface area contributed by atoms with Gasteiger partial charge in [-0.1, -0.05) is 18.6 Å². The van der Waals surface area contributed by atoms with E-state index in [2.05, 4.69) is 5.32 Å². The SMILES string of the molecule is OC(CC1NCC2CCCC21)c1cccc(C(F)(F)F)c1. The maximum absolute atomic E-state index is 12.7. The summed E-state index contributed by atoms with van der Waals surface area (Å²) >= 11 is 0. The molecule has 4 atom stereocenters. The maximum Gasteiger partial charge on any atom is 0.416 e. The van der Waals surface area contributed by atoms with E-state index in [4.69, 9.17) is 0 Å². The average Bonchev–Trinajstić information content (AvgIpc) is 3.03. The van der Waals surface area contributed by atoms with Gasteiger partial charge in [0.15, 0.2) is 0 Å². The lowest BCUT2D eigenvalue weighted by Gasteiger charge is -2.22. The molecule has 2 aliphatic rings. The fourth-order valence-electron chi connectivity index (χ4n) is 3.86. The number of rotatable bonds is 3. The number of fused-ring (bicyclic) bond motifs is 1. The first-order valence-electron chi connectivity index (χ1n) is 7.54. The Kier molecular flexibility index (Phi) is 3.97. The summed E-state index contributed by atoms with van der Waals surface area (Å²) in [4.78, 5) is 0. The number of aliphatic hydroxyl groups is 1. The fraction of sp³-hybridized carbons (Fsp3) is 0.625. The predicted octanol–water partition coefficient (Wildman–Crippen LogP) is 3.52. The highest BCUT2D eigenvalue weighted by Gasteiger charge is 2.39. The van der Waals surface area contributed by atoms with E-state index in [1.165, 1.54) is 18.9 Å². The number of hydrogen-bond donors (Lipinski definition) is 2. The number of alkyl halides is 3. The first kappa shape index (κ1) is 14.9. The zero-order valence-electron chi connectivity index (χ0n) is 11.7. The van der Waals surface area contributed by atoms with Crippen LogP contribution in [0.1, 0.15) is 42.9 Å². The second-order valence-corrected chi connectivity index (χ2v) is 6.24. The van der Waals surface area contributed by atoms with Gasteiger partial charge >= 0.3 is 6.18 Å². The lowest BCUT2D eigenvalue weighted by atomic mass is 9.89. The van der Waals surface area contributed by atoms with Crippen LogP contribution in [0, 0.1) is 11.8 Å². The van der Waals surface area contributed by atoms with E-state index >= 15 is 0 Å². The molecule has 2 fully saturated rings. The Bertz CT molecular complexity index is 503. The number of nitrogens with one attached hydrogen (secondary N) is 1. The van der Waals surface area contributed by atoms with Crippen molar-refractivity contribution in [3.05, 3.63) is 35.4 Å². The van der Waals surface area contributed by atoms with E-state index < -0.39 is 17.8 Å². The highest BCUT2D eigenvalue weighted by atomic mass is 19.4. The van der Waals surface area contributed by atoms with E-state index in [9.17, 15) is 18.3 Å². The van der Waals surface area contributed by atoms with Crippen LogP contribution >= 0.6 is 0 Å². The third-order valence-electron chi connectivity index (χ3n) is 4.95. The molecule has 21 heavy (non-hydrogen) atoms. The Labute approximate surface area is 122 Å². The summed E-state index contributed by atoms with van der Waals surface area (Å²) in [6, 6.07) is 5.26. The van der Waals surface area contributed by atoms with Gasteiger partial charge < -0.3 is 10.4 Å². The van der Waals surface area contributed by atoms with Gasteiger partial charge in [-0.15, -0.1) is 0 Å². The van der Waals surface area contributed by atoms with Gasteiger partial charge in [0.1, 0.15) is 0 Å². The highest BCUT2D eigenvalue weighted by Crippen LogP contribution is 2.40. The molecule has 116 valence electrons. The normalized spacial score (nSPS) is 30.4. The third-order valence-corrected chi connectivity index (χ3v) is 4.95. The second kappa shape index (κ2) is 5.61. The summed E-state index contributed by atoms with van der Waals surface area (Å²) in [5.41, 5.74) is -0.342. The smallest absolute Gasteiger partial charge is 0.388 e. The van der Waals surface area contributed by atoms with Gasteiger partial charge in [-0.25, -0.2) is 0 Å². The van der Waals surface area contributed by atoms with Crippen LogP contribution in [-0.2, 0) is 6.18 Å². The van der Waals surface area contributed by atoms with Crippen molar-refractivity contribution >= 4 is 0 Å². The highest BCUT2D eigenvalue weighted by molar-refractivity contribution is 5.27.